The zero-order valence-corrected chi connectivity index (χ0v) is 11.7. The minimum atomic E-state index is -0.0246. The second-order valence-corrected chi connectivity index (χ2v) is 5.25. The van der Waals surface area contributed by atoms with E-state index in [-0.39, 0.29) is 5.91 Å². The van der Waals surface area contributed by atoms with Crippen molar-refractivity contribution in [3.05, 3.63) is 47.0 Å². The van der Waals surface area contributed by atoms with Crippen molar-refractivity contribution in [2.45, 2.75) is 12.3 Å². The second-order valence-electron chi connectivity index (χ2n) is 3.83. The van der Waals surface area contributed by atoms with E-state index in [0.29, 0.717) is 23.1 Å². The minimum absolute atomic E-state index is 0.0246. The monoisotopic (exact) mass is 296 g/mol. The fourth-order valence-corrected chi connectivity index (χ4v) is 2.46. The fraction of sp³-hybridized carbons (Fsp3) is 0.250. The summed E-state index contributed by atoms with van der Waals surface area (Å²) in [6.45, 7) is 0.372. The van der Waals surface area contributed by atoms with Crippen molar-refractivity contribution in [1.29, 1.82) is 0 Å². The molecule has 0 bridgehead atoms. The summed E-state index contributed by atoms with van der Waals surface area (Å²) in [6.07, 6.45) is 1.41. The molecule has 5 nitrogen and oxygen atoms in total. The molecule has 19 heavy (non-hydrogen) atoms. The van der Waals surface area contributed by atoms with E-state index in [0.717, 1.165) is 11.3 Å². The normalized spacial score (nSPS) is 10.4. The molecule has 0 fully saturated rings. The van der Waals surface area contributed by atoms with Gasteiger partial charge < -0.3 is 5.32 Å². The lowest BCUT2D eigenvalue weighted by atomic mass is 10.2. The maximum atomic E-state index is 11.6. The van der Waals surface area contributed by atoms with Gasteiger partial charge in [-0.05, 0) is 17.7 Å². The molecule has 2 rings (SSSR count). The highest BCUT2D eigenvalue weighted by Crippen LogP contribution is 2.16. The van der Waals surface area contributed by atoms with Gasteiger partial charge in [0.25, 0.3) is 0 Å². The van der Waals surface area contributed by atoms with Gasteiger partial charge in [-0.2, -0.15) is 5.10 Å². The highest BCUT2D eigenvalue weighted by molar-refractivity contribution is 7.99. The molecule has 0 atom stereocenters. The third kappa shape index (κ3) is 4.92. The number of rotatable bonds is 6. The van der Waals surface area contributed by atoms with Crippen molar-refractivity contribution in [1.82, 2.24) is 20.5 Å². The number of H-pyrrole nitrogens is 1. The standard InChI is InChI=1S/C12H13ClN4OS/c13-10-3-1-2-9(4-10)6-19-7-12(18)14-5-11-15-8-16-17-11/h1-4,8H,5-7H2,(H,14,18)(H,15,16,17). The summed E-state index contributed by atoms with van der Waals surface area (Å²) in [5, 5.41) is 9.87. The van der Waals surface area contributed by atoms with Gasteiger partial charge in [0, 0.05) is 10.8 Å². The highest BCUT2D eigenvalue weighted by atomic mass is 35.5. The number of aromatic amines is 1. The third-order valence-corrected chi connectivity index (χ3v) is 3.55. The highest BCUT2D eigenvalue weighted by Gasteiger charge is 2.03. The molecule has 1 amide bonds. The molecule has 1 aromatic carbocycles. The lowest BCUT2D eigenvalue weighted by molar-refractivity contribution is -0.118. The molecule has 0 saturated carbocycles. The maximum Gasteiger partial charge on any atom is 0.230 e. The third-order valence-electron chi connectivity index (χ3n) is 2.31. The Labute approximate surface area is 120 Å². The number of benzene rings is 1. The van der Waals surface area contributed by atoms with Crippen LogP contribution in [0.2, 0.25) is 5.02 Å². The molecule has 1 aromatic heterocycles. The molecule has 0 spiro atoms. The number of aromatic nitrogens is 3. The number of halogens is 1. The summed E-state index contributed by atoms with van der Waals surface area (Å²) in [5.74, 6) is 1.79. The number of carbonyl (C=O) groups is 1. The van der Waals surface area contributed by atoms with E-state index in [1.807, 2.05) is 24.3 Å². The molecular weight excluding hydrogens is 284 g/mol. The van der Waals surface area contributed by atoms with Crippen LogP contribution in [0.3, 0.4) is 0 Å². The molecule has 7 heteroatoms. The number of amides is 1. The molecule has 0 unspecified atom stereocenters. The van der Waals surface area contributed by atoms with E-state index in [1.165, 1.54) is 6.33 Å². The Hall–Kier alpha value is -1.53. The van der Waals surface area contributed by atoms with Gasteiger partial charge in [0.05, 0.1) is 12.3 Å². The Morgan fingerprint density at radius 3 is 3.11 bits per heavy atom. The van der Waals surface area contributed by atoms with Gasteiger partial charge in [0.2, 0.25) is 5.91 Å². The van der Waals surface area contributed by atoms with Crippen molar-refractivity contribution in [2.75, 3.05) is 5.75 Å². The van der Waals surface area contributed by atoms with E-state index in [9.17, 15) is 4.79 Å². The van der Waals surface area contributed by atoms with Gasteiger partial charge in [-0.25, -0.2) is 4.98 Å². The maximum absolute atomic E-state index is 11.6. The smallest absolute Gasteiger partial charge is 0.230 e. The quantitative estimate of drug-likeness (QED) is 0.855. The summed E-state index contributed by atoms with van der Waals surface area (Å²) in [7, 11) is 0. The molecule has 0 saturated heterocycles. The van der Waals surface area contributed by atoms with Crippen molar-refractivity contribution in [3.8, 4) is 0 Å². The Kier molecular flexibility index (Phi) is 5.23. The van der Waals surface area contributed by atoms with Crippen molar-refractivity contribution >= 4 is 29.3 Å². The van der Waals surface area contributed by atoms with E-state index in [1.54, 1.807) is 11.8 Å². The van der Waals surface area contributed by atoms with Gasteiger partial charge >= 0.3 is 0 Å². The summed E-state index contributed by atoms with van der Waals surface area (Å²) in [5.41, 5.74) is 1.11. The molecule has 0 aliphatic heterocycles. The van der Waals surface area contributed by atoms with E-state index >= 15 is 0 Å². The molecule has 2 N–H and O–H groups in total. The van der Waals surface area contributed by atoms with Crippen molar-refractivity contribution in [3.63, 3.8) is 0 Å². The zero-order chi connectivity index (χ0) is 13.5. The van der Waals surface area contributed by atoms with Crippen LogP contribution in [0.1, 0.15) is 11.4 Å². The zero-order valence-electron chi connectivity index (χ0n) is 10.1. The minimum Gasteiger partial charge on any atom is -0.348 e. The van der Waals surface area contributed by atoms with Gasteiger partial charge in [0.15, 0.2) is 0 Å². The summed E-state index contributed by atoms with van der Waals surface area (Å²) < 4.78 is 0. The first-order chi connectivity index (χ1) is 9.24. The summed E-state index contributed by atoms with van der Waals surface area (Å²) >= 11 is 7.43. The van der Waals surface area contributed by atoms with Crippen LogP contribution in [0.5, 0.6) is 0 Å². The lowest BCUT2D eigenvalue weighted by Crippen LogP contribution is -2.25. The second kappa shape index (κ2) is 7.16. The largest absolute Gasteiger partial charge is 0.348 e. The average Bonchev–Trinajstić information content (AvgIpc) is 2.89. The molecule has 0 radical (unpaired) electrons. The van der Waals surface area contributed by atoms with Crippen LogP contribution >= 0.6 is 23.4 Å². The molecule has 100 valence electrons. The van der Waals surface area contributed by atoms with Crippen LogP contribution in [0.15, 0.2) is 30.6 Å². The molecular formula is C12H13ClN4OS. The van der Waals surface area contributed by atoms with Gasteiger partial charge in [-0.15, -0.1) is 11.8 Å². The van der Waals surface area contributed by atoms with E-state index < -0.39 is 0 Å². The topological polar surface area (TPSA) is 70.7 Å². The van der Waals surface area contributed by atoms with Gasteiger partial charge in [-0.3, -0.25) is 9.89 Å². The van der Waals surface area contributed by atoms with Crippen LogP contribution < -0.4 is 5.32 Å². The Morgan fingerprint density at radius 1 is 1.47 bits per heavy atom. The molecule has 1 heterocycles. The summed E-state index contributed by atoms with van der Waals surface area (Å²) in [4.78, 5) is 15.5. The molecule has 2 aromatic rings. The number of hydrogen-bond acceptors (Lipinski definition) is 4. The fourth-order valence-electron chi connectivity index (χ4n) is 1.44. The van der Waals surface area contributed by atoms with Crippen LogP contribution in [0.25, 0.3) is 0 Å². The predicted molar refractivity (Wildman–Crippen MR) is 75.8 cm³/mol. The number of carbonyl (C=O) groups excluding carboxylic acids is 1. The van der Waals surface area contributed by atoms with Gasteiger partial charge in [-0.1, -0.05) is 23.7 Å². The van der Waals surface area contributed by atoms with Crippen LogP contribution in [-0.4, -0.2) is 26.8 Å². The average molecular weight is 297 g/mol. The van der Waals surface area contributed by atoms with Gasteiger partial charge in [0.1, 0.15) is 12.2 Å². The van der Waals surface area contributed by atoms with E-state index in [2.05, 4.69) is 20.5 Å². The predicted octanol–water partition coefficient (Wildman–Crippen LogP) is 2.01. The summed E-state index contributed by atoms with van der Waals surface area (Å²) in [6, 6.07) is 7.63. The Balaban J connectivity index is 1.66. The number of thioether (sulfide) groups is 1. The number of nitrogens with zero attached hydrogens (tertiary/aromatic N) is 2. The van der Waals surface area contributed by atoms with Crippen LogP contribution in [0, 0.1) is 0 Å². The number of nitrogens with one attached hydrogen (secondary N) is 2. The van der Waals surface area contributed by atoms with Crippen LogP contribution in [0.4, 0.5) is 0 Å². The van der Waals surface area contributed by atoms with Crippen LogP contribution in [-0.2, 0) is 17.1 Å². The Morgan fingerprint density at radius 2 is 2.37 bits per heavy atom. The number of hydrogen-bond donors (Lipinski definition) is 2. The lowest BCUT2D eigenvalue weighted by Gasteiger charge is -2.04. The van der Waals surface area contributed by atoms with E-state index in [4.69, 9.17) is 11.6 Å². The Bertz CT molecular complexity index is 532. The first-order valence-electron chi connectivity index (χ1n) is 5.67. The first-order valence-corrected chi connectivity index (χ1v) is 7.20. The SMILES string of the molecule is O=C(CSCc1cccc(Cl)c1)NCc1ncn[nH]1. The first kappa shape index (κ1) is 13.9. The van der Waals surface area contributed by atoms with Crippen molar-refractivity contribution in [2.24, 2.45) is 0 Å². The molecule has 0 aliphatic rings. The molecule has 0 aliphatic carbocycles. The van der Waals surface area contributed by atoms with Crippen molar-refractivity contribution < 1.29 is 4.79 Å².